The molecular weight excluding hydrogens is 327 g/mol. The molecule has 0 radical (unpaired) electrons. The van der Waals surface area contributed by atoms with Gasteiger partial charge in [-0.3, -0.25) is 4.57 Å². The van der Waals surface area contributed by atoms with Crippen LogP contribution >= 0.6 is 0 Å². The van der Waals surface area contributed by atoms with Crippen molar-refractivity contribution in [2.75, 3.05) is 7.11 Å². The molecule has 9 heteroatoms. The zero-order chi connectivity index (χ0) is 17.5. The molecule has 0 aliphatic carbocycles. The number of methoxy groups -OCH3 is 1. The number of esters is 1. The second-order valence-electron chi connectivity index (χ2n) is 5.50. The van der Waals surface area contributed by atoms with Gasteiger partial charge in [-0.2, -0.15) is 18.3 Å². The van der Waals surface area contributed by atoms with Gasteiger partial charge >= 0.3 is 17.8 Å². The van der Waals surface area contributed by atoms with Crippen molar-refractivity contribution >= 4 is 5.97 Å². The maximum Gasteiger partial charge on any atom is 0.416 e. The third kappa shape index (κ3) is 2.81. The van der Waals surface area contributed by atoms with E-state index < -0.39 is 29.4 Å². The van der Waals surface area contributed by atoms with E-state index in [0.717, 1.165) is 16.8 Å². The average molecular weight is 341 g/mol. The number of fused-ring (bicyclic) bond motifs is 1. The van der Waals surface area contributed by atoms with Crippen molar-refractivity contribution in [3.8, 4) is 0 Å². The lowest BCUT2D eigenvalue weighted by molar-refractivity contribution is -0.144. The second-order valence-corrected chi connectivity index (χ2v) is 5.50. The lowest BCUT2D eigenvalue weighted by atomic mass is 10.1. The molecule has 3 rings (SSSR count). The molecule has 2 heterocycles. The number of ether oxygens (including phenoxy) is 1. The van der Waals surface area contributed by atoms with E-state index in [4.69, 9.17) is 0 Å². The highest BCUT2D eigenvalue weighted by atomic mass is 19.4. The number of aromatic nitrogens is 3. The van der Waals surface area contributed by atoms with Crippen LogP contribution in [0.3, 0.4) is 0 Å². The van der Waals surface area contributed by atoms with Crippen LogP contribution in [-0.4, -0.2) is 27.4 Å². The standard InChI is InChI=1S/C15H14F3N3O3/c1-24-13(22)11-5-6-12-19-20(14(23)21(11)12)8-9-3-2-4-10(7-9)15(16,17)18/h2-4,7,11H,5-6,8H2,1H3/t11-/m0/s1. The van der Waals surface area contributed by atoms with Crippen molar-refractivity contribution in [3.05, 3.63) is 51.7 Å². The predicted molar refractivity (Wildman–Crippen MR) is 76.4 cm³/mol. The lowest BCUT2D eigenvalue weighted by Crippen LogP contribution is -2.31. The SMILES string of the molecule is COC(=O)[C@@H]1CCc2nn(Cc3cccc(C(F)(F)F)c3)c(=O)n21. The highest BCUT2D eigenvalue weighted by molar-refractivity contribution is 5.74. The number of carbonyl (C=O) groups excluding carboxylic acids is 1. The van der Waals surface area contributed by atoms with Crippen molar-refractivity contribution in [2.45, 2.75) is 31.6 Å². The van der Waals surface area contributed by atoms with Crippen molar-refractivity contribution in [1.82, 2.24) is 14.3 Å². The first kappa shape index (κ1) is 16.3. The van der Waals surface area contributed by atoms with Crippen LogP contribution in [-0.2, 0) is 28.7 Å². The maximum absolute atomic E-state index is 12.8. The summed E-state index contributed by atoms with van der Waals surface area (Å²) < 4.78 is 45.3. The van der Waals surface area contributed by atoms with Gasteiger partial charge in [0.2, 0.25) is 0 Å². The van der Waals surface area contributed by atoms with Gasteiger partial charge in [0, 0.05) is 6.42 Å². The van der Waals surface area contributed by atoms with Gasteiger partial charge in [-0.15, -0.1) is 0 Å². The number of carbonyl (C=O) groups is 1. The smallest absolute Gasteiger partial charge is 0.416 e. The number of hydrogen-bond donors (Lipinski definition) is 0. The molecular formula is C15H14F3N3O3. The van der Waals surface area contributed by atoms with Crippen molar-refractivity contribution in [1.29, 1.82) is 0 Å². The molecule has 24 heavy (non-hydrogen) atoms. The second kappa shape index (κ2) is 5.81. The van der Waals surface area contributed by atoms with Crippen LogP contribution in [0.15, 0.2) is 29.1 Å². The topological polar surface area (TPSA) is 66.1 Å². The van der Waals surface area contributed by atoms with Gasteiger partial charge in [0.15, 0.2) is 0 Å². The van der Waals surface area contributed by atoms with E-state index in [1.807, 2.05) is 0 Å². The summed E-state index contributed by atoms with van der Waals surface area (Å²) in [5.41, 5.74) is -1.01. The van der Waals surface area contributed by atoms with Crippen LogP contribution in [0.4, 0.5) is 13.2 Å². The van der Waals surface area contributed by atoms with Crippen molar-refractivity contribution < 1.29 is 22.7 Å². The predicted octanol–water partition coefficient (Wildman–Crippen LogP) is 1.77. The van der Waals surface area contributed by atoms with Gasteiger partial charge in [0.25, 0.3) is 0 Å². The monoisotopic (exact) mass is 341 g/mol. The Hall–Kier alpha value is -2.58. The summed E-state index contributed by atoms with van der Waals surface area (Å²) >= 11 is 0. The summed E-state index contributed by atoms with van der Waals surface area (Å²) in [4.78, 5) is 24.1. The Morgan fingerprint density at radius 1 is 1.42 bits per heavy atom. The summed E-state index contributed by atoms with van der Waals surface area (Å²) in [6.07, 6.45) is -3.59. The first-order valence-electron chi connectivity index (χ1n) is 7.23. The van der Waals surface area contributed by atoms with Crippen LogP contribution in [0.25, 0.3) is 0 Å². The van der Waals surface area contributed by atoms with Crippen LogP contribution in [0.2, 0.25) is 0 Å². The Kier molecular flexibility index (Phi) is 3.94. The third-order valence-corrected chi connectivity index (χ3v) is 3.95. The Bertz CT molecular complexity index is 838. The summed E-state index contributed by atoms with van der Waals surface area (Å²) in [6, 6.07) is 3.99. The number of benzene rings is 1. The van der Waals surface area contributed by atoms with E-state index in [2.05, 4.69) is 9.84 Å². The quantitative estimate of drug-likeness (QED) is 0.798. The molecule has 6 nitrogen and oxygen atoms in total. The Balaban J connectivity index is 1.91. The molecule has 1 aromatic heterocycles. The van der Waals surface area contributed by atoms with Crippen LogP contribution in [0, 0.1) is 0 Å². The van der Waals surface area contributed by atoms with E-state index >= 15 is 0 Å². The molecule has 1 atom stereocenters. The number of hydrogen-bond acceptors (Lipinski definition) is 4. The Labute approximate surface area is 134 Å². The van der Waals surface area contributed by atoms with E-state index in [9.17, 15) is 22.8 Å². The molecule has 0 fully saturated rings. The lowest BCUT2D eigenvalue weighted by Gasteiger charge is -2.09. The zero-order valence-corrected chi connectivity index (χ0v) is 12.7. The molecule has 0 spiro atoms. The molecule has 1 aliphatic rings. The summed E-state index contributed by atoms with van der Waals surface area (Å²) in [5, 5.41) is 4.12. The fraction of sp³-hybridized carbons (Fsp3) is 0.400. The highest BCUT2D eigenvalue weighted by Crippen LogP contribution is 2.29. The first-order chi connectivity index (χ1) is 11.3. The van der Waals surface area contributed by atoms with Gasteiger partial charge in [-0.05, 0) is 24.1 Å². The molecule has 0 amide bonds. The van der Waals surface area contributed by atoms with E-state index in [-0.39, 0.29) is 6.54 Å². The fourth-order valence-corrected chi connectivity index (χ4v) is 2.82. The average Bonchev–Trinajstić information content (AvgIpc) is 3.07. The summed E-state index contributed by atoms with van der Waals surface area (Å²) in [5.74, 6) is -0.100. The number of alkyl halides is 3. The molecule has 0 N–H and O–H groups in total. The Morgan fingerprint density at radius 3 is 2.83 bits per heavy atom. The van der Waals surface area contributed by atoms with Crippen molar-refractivity contribution in [2.24, 2.45) is 0 Å². The Morgan fingerprint density at radius 2 is 2.17 bits per heavy atom. The summed E-state index contributed by atoms with van der Waals surface area (Å²) in [6.45, 7) is -0.101. The zero-order valence-electron chi connectivity index (χ0n) is 12.7. The normalized spacial score (nSPS) is 16.9. The summed E-state index contributed by atoms with van der Waals surface area (Å²) in [7, 11) is 1.23. The molecule has 0 saturated heterocycles. The third-order valence-electron chi connectivity index (χ3n) is 3.95. The molecule has 128 valence electrons. The van der Waals surface area contributed by atoms with E-state index in [1.165, 1.54) is 23.8 Å². The van der Waals surface area contributed by atoms with Gasteiger partial charge in [-0.25, -0.2) is 14.3 Å². The molecule has 1 aromatic carbocycles. The number of nitrogens with zero attached hydrogens (tertiary/aromatic N) is 3. The minimum atomic E-state index is -4.45. The molecule has 0 bridgehead atoms. The van der Waals surface area contributed by atoms with E-state index in [0.29, 0.717) is 24.2 Å². The minimum absolute atomic E-state index is 0.101. The molecule has 1 aliphatic heterocycles. The van der Waals surface area contributed by atoms with E-state index in [1.54, 1.807) is 0 Å². The molecule has 0 saturated carbocycles. The molecule has 0 unspecified atom stereocenters. The highest BCUT2D eigenvalue weighted by Gasteiger charge is 2.34. The van der Waals surface area contributed by atoms with Crippen molar-refractivity contribution in [3.63, 3.8) is 0 Å². The van der Waals surface area contributed by atoms with Crippen LogP contribution in [0.5, 0.6) is 0 Å². The van der Waals surface area contributed by atoms with Gasteiger partial charge in [0.05, 0.1) is 19.2 Å². The van der Waals surface area contributed by atoms with Gasteiger partial charge in [-0.1, -0.05) is 12.1 Å². The van der Waals surface area contributed by atoms with Gasteiger partial charge in [0.1, 0.15) is 11.9 Å². The number of aryl methyl sites for hydroxylation is 1. The van der Waals surface area contributed by atoms with Crippen LogP contribution in [0.1, 0.15) is 29.4 Å². The molecule has 2 aromatic rings. The number of rotatable bonds is 3. The maximum atomic E-state index is 12.8. The minimum Gasteiger partial charge on any atom is -0.467 e. The van der Waals surface area contributed by atoms with Gasteiger partial charge < -0.3 is 4.74 Å². The fourth-order valence-electron chi connectivity index (χ4n) is 2.82. The first-order valence-corrected chi connectivity index (χ1v) is 7.23. The number of halogens is 3. The largest absolute Gasteiger partial charge is 0.467 e. The van der Waals surface area contributed by atoms with Crippen LogP contribution < -0.4 is 5.69 Å².